The van der Waals surface area contributed by atoms with Crippen molar-refractivity contribution in [2.45, 2.75) is 70.1 Å². The average molecular weight is 657 g/mol. The van der Waals surface area contributed by atoms with Gasteiger partial charge in [-0.15, -0.1) is 0 Å². The molecule has 0 fully saturated rings. The zero-order chi connectivity index (χ0) is 33.9. The van der Waals surface area contributed by atoms with Crippen molar-refractivity contribution in [2.24, 2.45) is 0 Å². The van der Waals surface area contributed by atoms with Crippen LogP contribution in [0.5, 0.6) is 11.5 Å². The van der Waals surface area contributed by atoms with E-state index in [1.54, 1.807) is 24.3 Å². The molecule has 0 saturated heterocycles. The second-order valence-corrected chi connectivity index (χ2v) is 11.2. The molecule has 0 aliphatic heterocycles. The van der Waals surface area contributed by atoms with E-state index in [9.17, 15) is 35.9 Å². The van der Waals surface area contributed by atoms with Gasteiger partial charge in [0.1, 0.15) is 11.5 Å². The number of benzene rings is 4. The maximum atomic E-state index is 12.7. The Kier molecular flexibility index (Phi) is 12.2. The highest BCUT2D eigenvalue weighted by molar-refractivity contribution is 5.91. The summed E-state index contributed by atoms with van der Waals surface area (Å²) in [4.78, 5) is 24.5. The fourth-order valence-corrected chi connectivity index (χ4v) is 4.91. The molecule has 0 atom stereocenters. The molecule has 0 aliphatic rings. The number of aryl methyl sites for hydroxylation is 2. The lowest BCUT2D eigenvalue weighted by Crippen LogP contribution is -2.10. The second-order valence-electron chi connectivity index (χ2n) is 11.2. The van der Waals surface area contributed by atoms with E-state index in [1.807, 2.05) is 24.3 Å². The highest BCUT2D eigenvalue weighted by atomic mass is 19.4. The number of hydrogen-bond donors (Lipinski definition) is 0. The van der Waals surface area contributed by atoms with Crippen LogP contribution >= 0.6 is 0 Å². The summed E-state index contributed by atoms with van der Waals surface area (Å²) < 4.78 is 86.8. The van der Waals surface area contributed by atoms with Crippen molar-refractivity contribution >= 4 is 11.9 Å². The van der Waals surface area contributed by atoms with Gasteiger partial charge in [0.25, 0.3) is 0 Å². The Hall–Kier alpha value is -4.60. The molecule has 248 valence electrons. The van der Waals surface area contributed by atoms with Crippen LogP contribution in [0.25, 0.3) is 0 Å². The number of carbonyl (C=O) groups is 2. The van der Waals surface area contributed by atoms with Crippen LogP contribution < -0.4 is 9.47 Å². The third-order valence-electron chi connectivity index (χ3n) is 7.59. The van der Waals surface area contributed by atoms with Gasteiger partial charge in [0.2, 0.25) is 0 Å². The number of alkyl halides is 6. The summed E-state index contributed by atoms with van der Waals surface area (Å²) in [6, 6.07) is 22.0. The molecule has 0 spiro atoms. The zero-order valence-electron chi connectivity index (χ0n) is 25.5. The average Bonchev–Trinajstić information content (AvgIpc) is 3.04. The standard InChI is InChI=1S/C37H34F6O4/c38-36(39,40)30-18-14-28(15-19-30)34(44)46-32-22-10-26(11-23-32)8-6-4-2-1-3-5-7-9-27-12-24-33(25-13-27)47-35(45)29-16-20-31(21-17-29)37(41,42)43/h10-25H,1-9H2. The highest BCUT2D eigenvalue weighted by Crippen LogP contribution is 2.30. The summed E-state index contributed by atoms with van der Waals surface area (Å²) in [5.74, 6) is -0.780. The Morgan fingerprint density at radius 3 is 1.02 bits per heavy atom. The smallest absolute Gasteiger partial charge is 0.416 e. The number of esters is 2. The fourth-order valence-electron chi connectivity index (χ4n) is 4.91. The van der Waals surface area contributed by atoms with Gasteiger partial charge in [0.05, 0.1) is 22.3 Å². The van der Waals surface area contributed by atoms with Crippen molar-refractivity contribution < 1.29 is 45.4 Å². The lowest BCUT2D eigenvalue weighted by Gasteiger charge is -2.08. The molecular weight excluding hydrogens is 622 g/mol. The molecule has 4 nitrogen and oxygen atoms in total. The van der Waals surface area contributed by atoms with Crippen LogP contribution in [-0.2, 0) is 25.2 Å². The molecule has 0 unspecified atom stereocenters. The van der Waals surface area contributed by atoms with Crippen molar-refractivity contribution in [1.82, 2.24) is 0 Å². The van der Waals surface area contributed by atoms with Crippen molar-refractivity contribution in [3.05, 3.63) is 130 Å². The van der Waals surface area contributed by atoms with Crippen LogP contribution in [-0.4, -0.2) is 11.9 Å². The molecule has 0 aliphatic carbocycles. The minimum atomic E-state index is -4.47. The molecular formula is C37H34F6O4. The molecule has 0 N–H and O–H groups in total. The Bertz CT molecular complexity index is 1450. The zero-order valence-corrected chi connectivity index (χ0v) is 25.5. The highest BCUT2D eigenvalue weighted by Gasteiger charge is 2.31. The molecule has 0 amide bonds. The van der Waals surface area contributed by atoms with E-state index in [2.05, 4.69) is 0 Å². The Morgan fingerprint density at radius 2 is 0.723 bits per heavy atom. The SMILES string of the molecule is O=C(Oc1ccc(CCCCCCCCCc2ccc(OC(=O)c3ccc(C(F)(F)F)cc3)cc2)cc1)c1ccc(C(F)(F)F)cc1. The van der Waals surface area contributed by atoms with E-state index in [4.69, 9.17) is 9.47 Å². The lowest BCUT2D eigenvalue weighted by atomic mass is 10.0. The van der Waals surface area contributed by atoms with Crippen LogP contribution in [0.2, 0.25) is 0 Å². The first-order chi connectivity index (χ1) is 22.4. The van der Waals surface area contributed by atoms with Gasteiger partial charge in [-0.05, 0) is 110 Å². The molecule has 0 bridgehead atoms. The van der Waals surface area contributed by atoms with Gasteiger partial charge in [0, 0.05) is 0 Å². The monoisotopic (exact) mass is 656 g/mol. The summed E-state index contributed by atoms with van der Waals surface area (Å²) in [7, 11) is 0. The molecule has 4 rings (SSSR count). The maximum Gasteiger partial charge on any atom is 0.416 e. The summed E-state index contributed by atoms with van der Waals surface area (Å²) in [6.45, 7) is 0. The Morgan fingerprint density at radius 1 is 0.426 bits per heavy atom. The van der Waals surface area contributed by atoms with E-state index in [1.165, 1.54) is 0 Å². The topological polar surface area (TPSA) is 52.6 Å². The van der Waals surface area contributed by atoms with Gasteiger partial charge >= 0.3 is 24.3 Å². The summed E-state index contributed by atoms with van der Waals surface area (Å²) in [5.41, 5.74) is 0.652. The van der Waals surface area contributed by atoms with Crippen molar-refractivity contribution in [3.8, 4) is 11.5 Å². The van der Waals surface area contributed by atoms with Crippen molar-refractivity contribution in [2.75, 3.05) is 0 Å². The Balaban J connectivity index is 1.05. The van der Waals surface area contributed by atoms with E-state index < -0.39 is 35.4 Å². The second kappa shape index (κ2) is 16.3. The van der Waals surface area contributed by atoms with Gasteiger partial charge in [-0.3, -0.25) is 0 Å². The van der Waals surface area contributed by atoms with Gasteiger partial charge in [-0.25, -0.2) is 9.59 Å². The van der Waals surface area contributed by atoms with E-state index in [-0.39, 0.29) is 11.1 Å². The summed E-state index contributed by atoms with van der Waals surface area (Å²) >= 11 is 0. The number of unbranched alkanes of at least 4 members (excludes halogenated alkanes) is 6. The molecule has 0 aromatic heterocycles. The lowest BCUT2D eigenvalue weighted by molar-refractivity contribution is -0.138. The molecule has 0 radical (unpaired) electrons. The first kappa shape index (κ1) is 35.3. The molecule has 0 heterocycles. The maximum absolute atomic E-state index is 12.7. The van der Waals surface area contributed by atoms with Gasteiger partial charge < -0.3 is 9.47 Å². The van der Waals surface area contributed by atoms with E-state index in [0.717, 1.165) is 117 Å². The largest absolute Gasteiger partial charge is 0.423 e. The van der Waals surface area contributed by atoms with Crippen LogP contribution in [0.1, 0.15) is 87.9 Å². The van der Waals surface area contributed by atoms with Crippen LogP contribution in [0.3, 0.4) is 0 Å². The number of hydrogen-bond acceptors (Lipinski definition) is 4. The molecule has 4 aromatic rings. The number of ether oxygens (including phenoxy) is 2. The van der Waals surface area contributed by atoms with Gasteiger partial charge in [-0.2, -0.15) is 26.3 Å². The molecule has 47 heavy (non-hydrogen) atoms. The first-order valence-electron chi connectivity index (χ1n) is 15.4. The summed E-state index contributed by atoms with van der Waals surface area (Å²) in [5, 5.41) is 0. The van der Waals surface area contributed by atoms with Crippen LogP contribution in [0.15, 0.2) is 97.1 Å². The quantitative estimate of drug-likeness (QED) is 0.0587. The number of halogens is 6. The van der Waals surface area contributed by atoms with E-state index in [0.29, 0.717) is 11.5 Å². The first-order valence-corrected chi connectivity index (χ1v) is 15.4. The molecule has 4 aromatic carbocycles. The predicted molar refractivity (Wildman–Crippen MR) is 165 cm³/mol. The number of carbonyl (C=O) groups excluding carboxylic acids is 2. The molecule has 0 saturated carbocycles. The predicted octanol–water partition coefficient (Wildman–Crippen LogP) is 10.7. The van der Waals surface area contributed by atoms with Crippen LogP contribution in [0.4, 0.5) is 26.3 Å². The fraction of sp³-hybridized carbons (Fsp3) is 0.297. The third kappa shape index (κ3) is 11.3. The normalized spacial score (nSPS) is 11.7. The minimum absolute atomic E-state index is 0.0414. The number of rotatable bonds is 14. The minimum Gasteiger partial charge on any atom is -0.423 e. The van der Waals surface area contributed by atoms with Crippen LogP contribution in [0, 0.1) is 0 Å². The van der Waals surface area contributed by atoms with Gasteiger partial charge in [-0.1, -0.05) is 56.4 Å². The van der Waals surface area contributed by atoms with Crippen molar-refractivity contribution in [3.63, 3.8) is 0 Å². The molecule has 10 heteroatoms. The summed E-state index contributed by atoms with van der Waals surface area (Å²) in [6.07, 6.45) is 0.487. The third-order valence-corrected chi connectivity index (χ3v) is 7.59. The Labute approximate surface area is 269 Å². The van der Waals surface area contributed by atoms with E-state index >= 15 is 0 Å². The van der Waals surface area contributed by atoms with Crippen molar-refractivity contribution in [1.29, 1.82) is 0 Å². The van der Waals surface area contributed by atoms with Gasteiger partial charge in [0.15, 0.2) is 0 Å².